The molecule has 0 atom stereocenters. The molecule has 11 nitrogen and oxygen atoms in total. The molecule has 0 radical (unpaired) electrons. The molecule has 0 aliphatic carbocycles. The number of nitrogens with zero attached hydrogens (tertiary/aromatic N) is 7. The Balaban J connectivity index is 1.71. The standard InChI is InChI=1S/C20H19N7O4/c1-20(2,3)11-26-13(6-12-8-22-16(7-21)23-17(12)26)9-25-18(28)14-4-5-24(27(30)31)10-15(14)19(25)29/h4-6,8H,9-11H2,1-3H3. The van der Waals surface area contributed by atoms with E-state index in [1.54, 1.807) is 6.07 Å². The average Bonchev–Trinajstić information content (AvgIpc) is 3.16. The zero-order valence-corrected chi connectivity index (χ0v) is 17.2. The molecule has 4 heterocycles. The molecular weight excluding hydrogens is 402 g/mol. The first-order valence-corrected chi connectivity index (χ1v) is 9.53. The molecule has 11 heteroatoms. The fourth-order valence-electron chi connectivity index (χ4n) is 3.69. The average molecular weight is 421 g/mol. The van der Waals surface area contributed by atoms with Crippen LogP contribution in [0.2, 0.25) is 0 Å². The molecule has 0 fully saturated rings. The number of amides is 2. The second kappa shape index (κ2) is 7.02. The highest BCUT2D eigenvalue weighted by Crippen LogP contribution is 2.30. The quantitative estimate of drug-likeness (QED) is 0.411. The lowest BCUT2D eigenvalue weighted by molar-refractivity contribution is -0.638. The molecule has 0 saturated heterocycles. The van der Waals surface area contributed by atoms with Gasteiger partial charge in [-0.15, -0.1) is 0 Å². The van der Waals surface area contributed by atoms with E-state index in [0.29, 0.717) is 23.3 Å². The molecule has 0 N–H and O–H groups in total. The number of nitro groups is 1. The molecular formula is C20H19N7O4. The number of fused-ring (bicyclic) bond motifs is 1. The Morgan fingerprint density at radius 2 is 2.03 bits per heavy atom. The second-order valence-electron chi connectivity index (χ2n) is 8.61. The smallest absolute Gasteiger partial charge is 0.261 e. The van der Waals surface area contributed by atoms with E-state index >= 15 is 0 Å². The lowest BCUT2D eigenvalue weighted by atomic mass is 9.97. The van der Waals surface area contributed by atoms with Crippen molar-refractivity contribution in [3.05, 3.63) is 57.3 Å². The van der Waals surface area contributed by atoms with Gasteiger partial charge in [0.2, 0.25) is 5.82 Å². The normalized spacial score (nSPS) is 16.3. The molecule has 0 spiro atoms. The third-order valence-electron chi connectivity index (χ3n) is 5.02. The number of nitriles is 1. The van der Waals surface area contributed by atoms with Crippen LogP contribution in [0.3, 0.4) is 0 Å². The third kappa shape index (κ3) is 3.52. The van der Waals surface area contributed by atoms with E-state index in [1.165, 1.54) is 18.5 Å². The predicted octanol–water partition coefficient (Wildman–Crippen LogP) is 1.54. The third-order valence-corrected chi connectivity index (χ3v) is 5.02. The van der Waals surface area contributed by atoms with Gasteiger partial charge in [-0.2, -0.15) is 5.26 Å². The van der Waals surface area contributed by atoms with Crippen molar-refractivity contribution in [3.63, 3.8) is 0 Å². The van der Waals surface area contributed by atoms with Gasteiger partial charge in [0.25, 0.3) is 11.8 Å². The van der Waals surface area contributed by atoms with E-state index in [-0.39, 0.29) is 35.5 Å². The number of carbonyl (C=O) groups is 2. The maximum Gasteiger partial charge on any atom is 0.261 e. The highest BCUT2D eigenvalue weighted by atomic mass is 16.7. The van der Waals surface area contributed by atoms with Gasteiger partial charge in [0.1, 0.15) is 18.3 Å². The molecule has 2 aliphatic rings. The first kappa shape index (κ1) is 20.2. The van der Waals surface area contributed by atoms with Crippen molar-refractivity contribution in [2.24, 2.45) is 5.41 Å². The van der Waals surface area contributed by atoms with Crippen molar-refractivity contribution in [2.75, 3.05) is 6.54 Å². The van der Waals surface area contributed by atoms with Crippen LogP contribution in [0.4, 0.5) is 0 Å². The Kier molecular flexibility index (Phi) is 4.57. The van der Waals surface area contributed by atoms with Crippen LogP contribution in [0.15, 0.2) is 35.7 Å². The molecule has 4 rings (SSSR count). The molecule has 31 heavy (non-hydrogen) atoms. The van der Waals surface area contributed by atoms with Crippen LogP contribution in [0.1, 0.15) is 32.3 Å². The lowest BCUT2D eigenvalue weighted by Gasteiger charge is -2.23. The minimum absolute atomic E-state index is 0.0225. The summed E-state index contributed by atoms with van der Waals surface area (Å²) in [5.74, 6) is -1.01. The minimum Gasteiger partial charge on any atom is -0.327 e. The van der Waals surface area contributed by atoms with Crippen molar-refractivity contribution < 1.29 is 14.6 Å². The van der Waals surface area contributed by atoms with Crippen LogP contribution >= 0.6 is 0 Å². The zero-order chi connectivity index (χ0) is 22.5. The summed E-state index contributed by atoms with van der Waals surface area (Å²) in [6.45, 7) is 6.37. The van der Waals surface area contributed by atoms with Crippen LogP contribution in [-0.4, -0.2) is 47.8 Å². The van der Waals surface area contributed by atoms with Crippen molar-refractivity contribution in [1.82, 2.24) is 24.4 Å². The van der Waals surface area contributed by atoms with E-state index in [1.807, 2.05) is 31.4 Å². The van der Waals surface area contributed by atoms with Gasteiger partial charge in [-0.1, -0.05) is 25.8 Å². The molecule has 0 saturated carbocycles. The Hall–Kier alpha value is -4.07. The largest absolute Gasteiger partial charge is 0.327 e. The maximum atomic E-state index is 12.9. The van der Waals surface area contributed by atoms with Crippen LogP contribution < -0.4 is 0 Å². The number of aromatic nitrogens is 3. The summed E-state index contributed by atoms with van der Waals surface area (Å²) in [7, 11) is 0. The van der Waals surface area contributed by atoms with E-state index in [4.69, 9.17) is 5.26 Å². The molecule has 0 bridgehead atoms. The van der Waals surface area contributed by atoms with Gasteiger partial charge in [0.05, 0.1) is 23.9 Å². The minimum atomic E-state index is -0.632. The van der Waals surface area contributed by atoms with Crippen LogP contribution in [0, 0.1) is 26.9 Å². The molecule has 158 valence electrons. The Morgan fingerprint density at radius 1 is 1.29 bits per heavy atom. The first-order chi connectivity index (χ1) is 14.6. The highest BCUT2D eigenvalue weighted by Gasteiger charge is 2.41. The topological polar surface area (TPSA) is 138 Å². The van der Waals surface area contributed by atoms with Gasteiger partial charge in [-0.3, -0.25) is 14.5 Å². The monoisotopic (exact) mass is 421 g/mol. The molecule has 2 amide bonds. The number of hydrogen-bond donors (Lipinski definition) is 0. The number of carbonyl (C=O) groups excluding carboxylic acids is 2. The van der Waals surface area contributed by atoms with Crippen molar-refractivity contribution in [3.8, 4) is 6.07 Å². The van der Waals surface area contributed by atoms with Crippen molar-refractivity contribution >= 4 is 22.8 Å². The zero-order valence-electron chi connectivity index (χ0n) is 17.2. The highest BCUT2D eigenvalue weighted by molar-refractivity contribution is 6.21. The summed E-state index contributed by atoms with van der Waals surface area (Å²) in [5.41, 5.74) is 1.34. The fraction of sp³-hybridized carbons (Fsp3) is 0.350. The first-order valence-electron chi connectivity index (χ1n) is 9.53. The summed E-state index contributed by atoms with van der Waals surface area (Å²) >= 11 is 0. The fourth-order valence-corrected chi connectivity index (χ4v) is 3.69. The lowest BCUT2D eigenvalue weighted by Crippen LogP contribution is -2.34. The van der Waals surface area contributed by atoms with Crippen molar-refractivity contribution in [2.45, 2.75) is 33.9 Å². The van der Waals surface area contributed by atoms with E-state index in [9.17, 15) is 19.7 Å². The summed E-state index contributed by atoms with van der Waals surface area (Å²) in [4.78, 5) is 46.2. The summed E-state index contributed by atoms with van der Waals surface area (Å²) in [6.07, 6.45) is 4.03. The van der Waals surface area contributed by atoms with Crippen molar-refractivity contribution in [1.29, 1.82) is 5.26 Å². The molecule has 2 aromatic rings. The molecule has 0 aromatic carbocycles. The number of hydrogen-bond acceptors (Lipinski definition) is 7. The van der Waals surface area contributed by atoms with Gasteiger partial charge < -0.3 is 4.57 Å². The van der Waals surface area contributed by atoms with Crippen LogP contribution in [-0.2, 0) is 22.7 Å². The molecule has 0 unspecified atom stereocenters. The predicted molar refractivity (Wildman–Crippen MR) is 107 cm³/mol. The number of rotatable bonds is 4. The van der Waals surface area contributed by atoms with E-state index < -0.39 is 16.8 Å². The van der Waals surface area contributed by atoms with Gasteiger partial charge in [0, 0.05) is 23.8 Å². The van der Waals surface area contributed by atoms with Crippen LogP contribution in [0.5, 0.6) is 0 Å². The molecule has 2 aromatic heterocycles. The Bertz CT molecular complexity index is 1240. The Morgan fingerprint density at radius 3 is 2.68 bits per heavy atom. The van der Waals surface area contributed by atoms with Crippen LogP contribution in [0.25, 0.3) is 11.0 Å². The molecule has 2 aliphatic heterocycles. The maximum absolute atomic E-state index is 12.9. The number of hydrazine groups is 1. The SMILES string of the molecule is CC(C)(C)Cn1c(CN2C(=O)C3=C(CN([N+](=O)[O-])C=C3)C2=O)cc2cnc(C#N)nc21. The summed E-state index contributed by atoms with van der Waals surface area (Å²) in [5, 5.41) is 21.0. The van der Waals surface area contributed by atoms with Gasteiger partial charge in [0.15, 0.2) is 5.03 Å². The second-order valence-corrected chi connectivity index (χ2v) is 8.61. The van der Waals surface area contributed by atoms with Gasteiger partial charge in [-0.05, 0) is 17.6 Å². The number of imide groups is 1. The van der Waals surface area contributed by atoms with E-state index in [0.717, 1.165) is 9.91 Å². The summed E-state index contributed by atoms with van der Waals surface area (Å²) in [6, 6.07) is 3.72. The van der Waals surface area contributed by atoms with Gasteiger partial charge >= 0.3 is 0 Å². The van der Waals surface area contributed by atoms with Gasteiger partial charge in [-0.25, -0.2) is 20.1 Å². The Labute approximate surface area is 177 Å². The summed E-state index contributed by atoms with van der Waals surface area (Å²) < 4.78 is 1.88. The van der Waals surface area contributed by atoms with E-state index in [2.05, 4.69) is 9.97 Å².